The lowest BCUT2D eigenvalue weighted by molar-refractivity contribution is 0.174. The van der Waals surface area contributed by atoms with Crippen LogP contribution < -0.4 is 0 Å². The van der Waals surface area contributed by atoms with E-state index in [9.17, 15) is 0 Å². The summed E-state index contributed by atoms with van der Waals surface area (Å²) in [5.74, 6) is 7.09. The minimum atomic E-state index is -1.65. The Hall–Kier alpha value is -0.523. The first kappa shape index (κ1) is 21.5. The molecule has 0 aliphatic heterocycles. The van der Waals surface area contributed by atoms with E-state index >= 15 is 0 Å². The molecule has 0 fully saturated rings. The summed E-state index contributed by atoms with van der Waals surface area (Å²) >= 11 is 0. The maximum Gasteiger partial charge on any atom is 0.194 e. The van der Waals surface area contributed by atoms with Gasteiger partial charge in [-0.1, -0.05) is 78.7 Å². The van der Waals surface area contributed by atoms with Crippen molar-refractivity contribution in [3.63, 3.8) is 0 Å². The van der Waals surface area contributed by atoms with Crippen LogP contribution in [0.3, 0.4) is 0 Å². The van der Waals surface area contributed by atoms with Crippen LogP contribution in [0.4, 0.5) is 0 Å². The van der Waals surface area contributed by atoms with Crippen LogP contribution in [0.25, 0.3) is 0 Å². The first-order valence-corrected chi connectivity index (χ1v) is 11.8. The summed E-state index contributed by atoms with van der Waals surface area (Å²) in [6.45, 7) is 17.3. The summed E-state index contributed by atoms with van der Waals surface area (Å²) in [6.07, 6.45) is 6.16. The highest BCUT2D eigenvalue weighted by Gasteiger charge is 2.35. The van der Waals surface area contributed by atoms with Gasteiger partial charge in [-0.15, -0.1) is 0 Å². The van der Waals surface area contributed by atoms with Gasteiger partial charge in [0.25, 0.3) is 0 Å². The van der Waals surface area contributed by atoms with Gasteiger partial charge in [0.05, 0.1) is 0 Å². The highest BCUT2D eigenvalue weighted by atomic mass is 28.4. The molecule has 2 atom stereocenters. The molecular formula is C20H38OSi. The largest absolute Gasteiger partial charge is 0.403 e. The Kier molecular flexibility index (Phi) is 11.7. The summed E-state index contributed by atoms with van der Waals surface area (Å²) < 4.78 is 6.85. The van der Waals surface area contributed by atoms with Gasteiger partial charge in [-0.2, -0.15) is 0 Å². The summed E-state index contributed by atoms with van der Waals surface area (Å²) in [7, 11) is -1.65. The van der Waals surface area contributed by atoms with Gasteiger partial charge in [-0.05, 0) is 43.0 Å². The third-order valence-corrected chi connectivity index (χ3v) is 9.17. The fourth-order valence-corrected chi connectivity index (χ4v) is 7.94. The topological polar surface area (TPSA) is 9.23 Å². The molecule has 0 aliphatic rings. The molecule has 0 radical (unpaired) electrons. The lowest BCUT2D eigenvalue weighted by Crippen LogP contribution is -2.43. The third-order valence-electron chi connectivity index (χ3n) is 4.18. The van der Waals surface area contributed by atoms with Crippen molar-refractivity contribution in [2.45, 2.75) is 97.9 Å². The fraction of sp³-hybridized carbons (Fsp3) is 0.800. The zero-order valence-electron chi connectivity index (χ0n) is 15.9. The van der Waals surface area contributed by atoms with Crippen LogP contribution in [0.15, 0.2) is 12.2 Å². The van der Waals surface area contributed by atoms with Gasteiger partial charge in [0.15, 0.2) is 8.32 Å². The van der Waals surface area contributed by atoms with Gasteiger partial charge in [0.2, 0.25) is 0 Å². The van der Waals surface area contributed by atoms with Gasteiger partial charge >= 0.3 is 0 Å². The van der Waals surface area contributed by atoms with Crippen LogP contribution >= 0.6 is 0 Å². The Labute approximate surface area is 141 Å². The van der Waals surface area contributed by atoms with E-state index in [2.05, 4.69) is 53.0 Å². The monoisotopic (exact) mass is 322 g/mol. The number of hydrogen-bond donors (Lipinski definition) is 0. The molecule has 0 rings (SSSR count). The van der Waals surface area contributed by atoms with E-state index in [1.54, 1.807) is 0 Å². The zero-order chi connectivity index (χ0) is 17.0. The molecule has 22 heavy (non-hydrogen) atoms. The molecule has 1 nitrogen and oxygen atoms in total. The van der Waals surface area contributed by atoms with E-state index in [-0.39, 0.29) is 6.10 Å². The van der Waals surface area contributed by atoms with Gasteiger partial charge in [-0.3, -0.25) is 0 Å². The SMILES string of the molecule is C=C(C)C#CC(O[Si](CCC)(CCC)CCC)C(C)CCC. The normalized spacial score (nSPS) is 14.1. The molecule has 0 aliphatic carbocycles. The van der Waals surface area contributed by atoms with Crippen molar-refractivity contribution in [2.24, 2.45) is 5.92 Å². The van der Waals surface area contributed by atoms with E-state index in [1.807, 2.05) is 6.92 Å². The maximum absolute atomic E-state index is 6.85. The van der Waals surface area contributed by atoms with Crippen LogP contribution in [-0.4, -0.2) is 14.4 Å². The Balaban J connectivity index is 5.31. The van der Waals surface area contributed by atoms with E-state index in [0.29, 0.717) is 5.92 Å². The lowest BCUT2D eigenvalue weighted by Gasteiger charge is -2.35. The van der Waals surface area contributed by atoms with Gasteiger partial charge in [-0.25, -0.2) is 0 Å². The van der Waals surface area contributed by atoms with Crippen LogP contribution in [0.1, 0.15) is 73.6 Å². The molecule has 0 aromatic carbocycles. The van der Waals surface area contributed by atoms with Crippen LogP contribution in [0, 0.1) is 17.8 Å². The first-order chi connectivity index (χ1) is 10.4. The molecule has 0 bridgehead atoms. The molecule has 2 heteroatoms. The molecule has 2 unspecified atom stereocenters. The smallest absolute Gasteiger partial charge is 0.194 e. The molecule has 0 aromatic rings. The summed E-state index contributed by atoms with van der Waals surface area (Å²) in [6, 6.07) is 3.83. The second-order valence-corrected chi connectivity index (χ2v) is 10.9. The highest BCUT2D eigenvalue weighted by molar-refractivity contribution is 6.73. The van der Waals surface area contributed by atoms with Crippen LogP contribution in [0.5, 0.6) is 0 Å². The molecule has 0 amide bonds. The highest BCUT2D eigenvalue weighted by Crippen LogP contribution is 2.31. The quantitative estimate of drug-likeness (QED) is 0.309. The minimum Gasteiger partial charge on any atom is -0.403 e. The van der Waals surface area contributed by atoms with Crippen molar-refractivity contribution in [3.8, 4) is 11.8 Å². The Morgan fingerprint density at radius 3 is 1.86 bits per heavy atom. The van der Waals surface area contributed by atoms with Crippen molar-refractivity contribution in [1.29, 1.82) is 0 Å². The molecule has 128 valence electrons. The Morgan fingerprint density at radius 2 is 1.50 bits per heavy atom. The third kappa shape index (κ3) is 8.20. The molecule has 0 saturated heterocycles. The van der Waals surface area contributed by atoms with E-state index in [4.69, 9.17) is 4.43 Å². The molecular weight excluding hydrogens is 284 g/mol. The van der Waals surface area contributed by atoms with Crippen LogP contribution in [0.2, 0.25) is 18.1 Å². The number of rotatable bonds is 11. The van der Waals surface area contributed by atoms with E-state index in [0.717, 1.165) is 5.57 Å². The summed E-state index contributed by atoms with van der Waals surface area (Å²) in [4.78, 5) is 0. The van der Waals surface area contributed by atoms with Crippen molar-refractivity contribution in [1.82, 2.24) is 0 Å². The van der Waals surface area contributed by atoms with E-state index < -0.39 is 8.32 Å². The molecule has 0 heterocycles. The predicted octanol–water partition coefficient (Wildman–Crippen LogP) is 6.56. The number of allylic oxidation sites excluding steroid dienone is 1. The van der Waals surface area contributed by atoms with Crippen molar-refractivity contribution >= 4 is 8.32 Å². The second kappa shape index (κ2) is 12.0. The van der Waals surface area contributed by atoms with Gasteiger partial charge < -0.3 is 4.43 Å². The standard InChI is InChI=1S/C20H38OSi/c1-8-12-19(7)20(14-13-18(5)6)21-22(15-9-2,16-10-3)17-11-4/h19-20H,5,8-12,15-17H2,1-4,6-7H3. The molecule has 0 aromatic heterocycles. The average molecular weight is 323 g/mol. The molecule has 0 spiro atoms. The number of hydrogen-bond acceptors (Lipinski definition) is 1. The maximum atomic E-state index is 6.85. The fourth-order valence-electron chi connectivity index (χ4n) is 3.28. The molecule has 0 saturated carbocycles. The minimum absolute atomic E-state index is 0.0907. The van der Waals surface area contributed by atoms with E-state index in [1.165, 1.54) is 50.2 Å². The second-order valence-electron chi connectivity index (χ2n) is 6.79. The Bertz CT molecular complexity index is 347. The summed E-state index contributed by atoms with van der Waals surface area (Å²) in [5, 5.41) is 0. The van der Waals surface area contributed by atoms with Gasteiger partial charge in [0, 0.05) is 0 Å². The summed E-state index contributed by atoms with van der Waals surface area (Å²) in [5.41, 5.74) is 0.936. The van der Waals surface area contributed by atoms with Crippen molar-refractivity contribution in [3.05, 3.63) is 12.2 Å². The average Bonchev–Trinajstić information content (AvgIpc) is 2.44. The Morgan fingerprint density at radius 1 is 1.00 bits per heavy atom. The van der Waals surface area contributed by atoms with Crippen molar-refractivity contribution in [2.75, 3.05) is 0 Å². The van der Waals surface area contributed by atoms with Crippen LogP contribution in [-0.2, 0) is 4.43 Å². The predicted molar refractivity (Wildman–Crippen MR) is 103 cm³/mol. The molecule has 0 N–H and O–H groups in total. The zero-order valence-corrected chi connectivity index (χ0v) is 16.9. The van der Waals surface area contributed by atoms with Crippen molar-refractivity contribution < 1.29 is 4.43 Å². The lowest BCUT2D eigenvalue weighted by atomic mass is 10.00. The first-order valence-electron chi connectivity index (χ1n) is 9.29. The van der Waals surface area contributed by atoms with Gasteiger partial charge in [0.1, 0.15) is 6.10 Å².